The molecule has 0 bridgehead atoms. The first-order valence-corrected chi connectivity index (χ1v) is 5.98. The molecule has 2 atom stereocenters. The van der Waals surface area contributed by atoms with Crippen molar-refractivity contribution >= 4 is 0 Å². The summed E-state index contributed by atoms with van der Waals surface area (Å²) in [5, 5.41) is 9.82. The molecule has 0 saturated heterocycles. The van der Waals surface area contributed by atoms with Gasteiger partial charge in [0.15, 0.2) is 0 Å². The highest BCUT2D eigenvalue weighted by Gasteiger charge is 2.15. The second-order valence-electron chi connectivity index (χ2n) is 4.62. The molecule has 0 rings (SSSR count). The van der Waals surface area contributed by atoms with Gasteiger partial charge in [0.05, 0.1) is 6.10 Å². The molecule has 0 aromatic rings. The van der Waals surface area contributed by atoms with Crippen LogP contribution in [0.5, 0.6) is 0 Å². The van der Waals surface area contributed by atoms with E-state index in [9.17, 15) is 5.11 Å². The van der Waals surface area contributed by atoms with E-state index in [1.54, 1.807) is 0 Å². The summed E-state index contributed by atoms with van der Waals surface area (Å²) >= 11 is 0. The van der Waals surface area contributed by atoms with Crippen LogP contribution in [0.2, 0.25) is 0 Å². The zero-order valence-corrected chi connectivity index (χ0v) is 10.7. The third-order valence-corrected chi connectivity index (χ3v) is 2.82. The van der Waals surface area contributed by atoms with Gasteiger partial charge >= 0.3 is 0 Å². The van der Waals surface area contributed by atoms with E-state index < -0.39 is 0 Å². The summed E-state index contributed by atoms with van der Waals surface area (Å²) in [4.78, 5) is 0. The number of hydrogen-bond donors (Lipinski definition) is 1. The van der Waals surface area contributed by atoms with Gasteiger partial charge in [-0.2, -0.15) is 0 Å². The molecular formula is C14H26O. The lowest BCUT2D eigenvalue weighted by Gasteiger charge is -2.20. The molecule has 0 fully saturated rings. The van der Waals surface area contributed by atoms with Crippen molar-refractivity contribution in [1.29, 1.82) is 0 Å². The summed E-state index contributed by atoms with van der Waals surface area (Å²) in [7, 11) is 0. The zero-order valence-electron chi connectivity index (χ0n) is 10.7. The molecule has 88 valence electrons. The van der Waals surface area contributed by atoms with Crippen LogP contribution in [0.4, 0.5) is 0 Å². The van der Waals surface area contributed by atoms with E-state index in [1.165, 1.54) is 11.1 Å². The summed E-state index contributed by atoms with van der Waals surface area (Å²) < 4.78 is 0. The molecule has 0 aliphatic rings. The first-order chi connectivity index (χ1) is 6.99. The molecule has 0 radical (unpaired) electrons. The first kappa shape index (κ1) is 14.4. The van der Waals surface area contributed by atoms with Crippen molar-refractivity contribution < 1.29 is 5.11 Å². The Morgan fingerprint density at radius 2 is 2.00 bits per heavy atom. The number of hydrogen-bond acceptors (Lipinski definition) is 1. The van der Waals surface area contributed by atoms with Gasteiger partial charge in [0.2, 0.25) is 0 Å². The Morgan fingerprint density at radius 1 is 1.40 bits per heavy atom. The standard InChI is InChI=1S/C14H26O/c1-6-8-14(15)13(5)12(4)10-7-9-11(2)3/h9,13-15H,4,6-8,10H2,1-3,5H3. The van der Waals surface area contributed by atoms with E-state index in [4.69, 9.17) is 0 Å². The van der Waals surface area contributed by atoms with E-state index in [1.807, 2.05) is 0 Å². The topological polar surface area (TPSA) is 20.2 Å². The Morgan fingerprint density at radius 3 is 2.47 bits per heavy atom. The molecular weight excluding hydrogens is 184 g/mol. The van der Waals surface area contributed by atoms with E-state index >= 15 is 0 Å². The lowest BCUT2D eigenvalue weighted by molar-refractivity contribution is 0.121. The third kappa shape index (κ3) is 6.51. The Hall–Kier alpha value is -0.560. The molecule has 1 nitrogen and oxygen atoms in total. The average molecular weight is 210 g/mol. The van der Waals surface area contributed by atoms with Gasteiger partial charge < -0.3 is 5.11 Å². The molecule has 0 aromatic carbocycles. The molecule has 2 unspecified atom stereocenters. The van der Waals surface area contributed by atoms with Crippen LogP contribution in [0.15, 0.2) is 23.8 Å². The molecule has 0 aromatic heterocycles. The van der Waals surface area contributed by atoms with Gasteiger partial charge in [-0.1, -0.05) is 44.1 Å². The van der Waals surface area contributed by atoms with Gasteiger partial charge in [-0.15, -0.1) is 0 Å². The van der Waals surface area contributed by atoms with Crippen LogP contribution in [0.3, 0.4) is 0 Å². The van der Waals surface area contributed by atoms with Crippen LogP contribution in [-0.2, 0) is 0 Å². The summed E-state index contributed by atoms with van der Waals surface area (Å²) in [5.74, 6) is 0.232. The van der Waals surface area contributed by atoms with Crippen molar-refractivity contribution in [3.05, 3.63) is 23.8 Å². The second kappa shape index (κ2) is 7.70. The quantitative estimate of drug-likeness (QED) is 0.628. The Labute approximate surface area is 94.9 Å². The van der Waals surface area contributed by atoms with E-state index in [0.29, 0.717) is 0 Å². The summed E-state index contributed by atoms with van der Waals surface area (Å²) in [6.45, 7) is 12.5. The Bertz CT molecular complexity index is 211. The predicted molar refractivity (Wildman–Crippen MR) is 67.9 cm³/mol. The summed E-state index contributed by atoms with van der Waals surface area (Å²) in [5.41, 5.74) is 2.53. The van der Waals surface area contributed by atoms with Crippen molar-refractivity contribution in [2.45, 2.75) is 59.5 Å². The Kier molecular flexibility index (Phi) is 7.41. The highest BCUT2D eigenvalue weighted by Crippen LogP contribution is 2.21. The molecule has 0 amide bonds. The fraction of sp³-hybridized carbons (Fsp3) is 0.714. The fourth-order valence-corrected chi connectivity index (χ4v) is 1.59. The molecule has 0 aliphatic carbocycles. The van der Waals surface area contributed by atoms with E-state index in [-0.39, 0.29) is 12.0 Å². The van der Waals surface area contributed by atoms with E-state index in [0.717, 1.165) is 25.7 Å². The van der Waals surface area contributed by atoms with Crippen molar-refractivity contribution in [1.82, 2.24) is 0 Å². The van der Waals surface area contributed by atoms with Gasteiger partial charge in [0.1, 0.15) is 0 Å². The van der Waals surface area contributed by atoms with Crippen molar-refractivity contribution in [3.63, 3.8) is 0 Å². The highest BCUT2D eigenvalue weighted by molar-refractivity contribution is 5.04. The zero-order chi connectivity index (χ0) is 11.8. The van der Waals surface area contributed by atoms with Crippen molar-refractivity contribution in [2.24, 2.45) is 5.92 Å². The minimum absolute atomic E-state index is 0.214. The lowest BCUT2D eigenvalue weighted by Crippen LogP contribution is -2.18. The van der Waals surface area contributed by atoms with Gasteiger partial charge in [-0.05, 0) is 33.1 Å². The first-order valence-electron chi connectivity index (χ1n) is 5.98. The highest BCUT2D eigenvalue weighted by atomic mass is 16.3. The predicted octanol–water partition coefficient (Wildman–Crippen LogP) is 4.09. The average Bonchev–Trinajstić information content (AvgIpc) is 2.16. The maximum atomic E-state index is 9.82. The van der Waals surface area contributed by atoms with Crippen LogP contribution < -0.4 is 0 Å². The van der Waals surface area contributed by atoms with Crippen LogP contribution in [0.1, 0.15) is 53.4 Å². The molecule has 0 saturated carbocycles. The molecule has 0 aliphatic heterocycles. The monoisotopic (exact) mass is 210 g/mol. The fourth-order valence-electron chi connectivity index (χ4n) is 1.59. The largest absolute Gasteiger partial charge is 0.393 e. The molecule has 0 spiro atoms. The maximum Gasteiger partial charge on any atom is 0.0602 e. The normalized spacial score (nSPS) is 14.5. The van der Waals surface area contributed by atoms with Crippen LogP contribution in [0.25, 0.3) is 0 Å². The lowest BCUT2D eigenvalue weighted by atomic mass is 9.90. The molecule has 1 N–H and O–H groups in total. The summed E-state index contributed by atoms with van der Waals surface area (Å²) in [6.07, 6.45) is 5.96. The second-order valence-corrected chi connectivity index (χ2v) is 4.62. The molecule has 15 heavy (non-hydrogen) atoms. The SMILES string of the molecule is C=C(CCC=C(C)C)C(C)C(O)CCC. The number of aliphatic hydroxyl groups excluding tert-OH is 1. The van der Waals surface area contributed by atoms with Crippen molar-refractivity contribution in [3.8, 4) is 0 Å². The summed E-state index contributed by atoms with van der Waals surface area (Å²) in [6, 6.07) is 0. The van der Waals surface area contributed by atoms with Crippen molar-refractivity contribution in [2.75, 3.05) is 0 Å². The smallest absolute Gasteiger partial charge is 0.0602 e. The van der Waals surface area contributed by atoms with Crippen LogP contribution in [0, 0.1) is 5.92 Å². The number of rotatable bonds is 7. The number of aliphatic hydroxyl groups is 1. The minimum Gasteiger partial charge on any atom is -0.393 e. The van der Waals surface area contributed by atoms with E-state index in [2.05, 4.69) is 40.3 Å². The minimum atomic E-state index is -0.214. The van der Waals surface area contributed by atoms with Crippen LogP contribution >= 0.6 is 0 Å². The maximum absolute atomic E-state index is 9.82. The van der Waals surface area contributed by atoms with Gasteiger partial charge in [0, 0.05) is 5.92 Å². The molecule has 1 heteroatoms. The Balaban J connectivity index is 3.93. The number of allylic oxidation sites excluding steroid dienone is 2. The molecule has 0 heterocycles. The van der Waals surface area contributed by atoms with Crippen LogP contribution in [-0.4, -0.2) is 11.2 Å². The van der Waals surface area contributed by atoms with Gasteiger partial charge in [-0.3, -0.25) is 0 Å². The third-order valence-electron chi connectivity index (χ3n) is 2.82. The van der Waals surface area contributed by atoms with Gasteiger partial charge in [0.25, 0.3) is 0 Å². The van der Waals surface area contributed by atoms with Gasteiger partial charge in [-0.25, -0.2) is 0 Å².